The van der Waals surface area contributed by atoms with Crippen LogP contribution >= 0.6 is 11.6 Å². The molecule has 1 aromatic heterocycles. The number of aliphatic carboxylic acids is 1. The van der Waals surface area contributed by atoms with Gasteiger partial charge in [0, 0.05) is 22.3 Å². The maximum absolute atomic E-state index is 12.8. The molecule has 39 heavy (non-hydrogen) atoms. The number of ether oxygens (including phenoxy) is 3. The highest BCUT2D eigenvalue weighted by Crippen LogP contribution is 2.46. The SMILES string of the molecule is Cc1ncc2c(c1OC(=O)OC(C)C1(C(=O)O)C[C@H](O[N+](=O)[O-])[C@H](O[N+](=O)[O-])C1)CO[C@H]2c1ccc(Cl)cc1. The molecule has 0 saturated heterocycles. The molecule has 1 fully saturated rings. The van der Waals surface area contributed by atoms with Crippen LogP contribution in [0.5, 0.6) is 5.75 Å². The minimum absolute atomic E-state index is 0.0704. The zero-order valence-corrected chi connectivity index (χ0v) is 21.2. The lowest BCUT2D eigenvalue weighted by Crippen LogP contribution is -2.42. The molecule has 1 saturated carbocycles. The van der Waals surface area contributed by atoms with Crippen molar-refractivity contribution in [2.75, 3.05) is 0 Å². The lowest BCUT2D eigenvalue weighted by molar-refractivity contribution is -0.797. The molecule has 1 aromatic carbocycles. The van der Waals surface area contributed by atoms with Crippen molar-refractivity contribution in [1.82, 2.24) is 4.98 Å². The van der Waals surface area contributed by atoms with E-state index in [1.54, 1.807) is 37.4 Å². The molecule has 16 heteroatoms. The molecular weight excluding hydrogens is 546 g/mol. The molecule has 2 heterocycles. The lowest BCUT2D eigenvalue weighted by Gasteiger charge is -2.30. The molecule has 2 aromatic rings. The maximum Gasteiger partial charge on any atom is 0.514 e. The van der Waals surface area contributed by atoms with E-state index in [1.165, 1.54) is 6.92 Å². The van der Waals surface area contributed by atoms with Crippen molar-refractivity contribution in [3.63, 3.8) is 0 Å². The van der Waals surface area contributed by atoms with Crippen LogP contribution in [-0.2, 0) is 30.6 Å². The summed E-state index contributed by atoms with van der Waals surface area (Å²) in [5, 5.41) is 29.8. The Morgan fingerprint density at radius 1 is 1.15 bits per heavy atom. The molecule has 0 radical (unpaired) electrons. The van der Waals surface area contributed by atoms with Gasteiger partial charge in [0.1, 0.15) is 29.8 Å². The monoisotopic (exact) mass is 567 g/mol. The van der Waals surface area contributed by atoms with Gasteiger partial charge in [-0.15, -0.1) is 20.2 Å². The molecule has 0 bridgehead atoms. The van der Waals surface area contributed by atoms with E-state index in [9.17, 15) is 34.9 Å². The van der Waals surface area contributed by atoms with Crippen molar-refractivity contribution < 1.29 is 48.8 Å². The van der Waals surface area contributed by atoms with Crippen molar-refractivity contribution in [2.24, 2.45) is 5.41 Å². The number of hydrogen-bond acceptors (Lipinski definition) is 12. The molecule has 1 aliphatic heterocycles. The number of nitrogens with zero attached hydrogens (tertiary/aromatic N) is 3. The highest BCUT2D eigenvalue weighted by molar-refractivity contribution is 6.30. The number of aromatic nitrogens is 1. The minimum atomic E-state index is -2.00. The van der Waals surface area contributed by atoms with E-state index in [4.69, 9.17) is 25.8 Å². The van der Waals surface area contributed by atoms with Crippen LogP contribution in [0.1, 0.15) is 48.3 Å². The predicted octanol–water partition coefficient (Wildman–Crippen LogP) is 3.59. The molecule has 2 unspecified atom stereocenters. The third-order valence-electron chi connectivity index (χ3n) is 6.85. The fraction of sp³-hybridized carbons (Fsp3) is 0.435. The standard InChI is InChI=1S/C23H22ClN3O12/c1-11-19(16-10-35-20(15(16)9-25-11)13-3-5-14(24)6-4-13)37-22(30)36-12(2)23(21(28)29)7-17(38-26(31)32)18(8-23)39-27(33)34/h3-6,9,12,17-18,20H,7-8,10H2,1-2H3,(H,28,29)/t12?,17-,18+,20-,23?/m0/s1. The van der Waals surface area contributed by atoms with Gasteiger partial charge >= 0.3 is 12.1 Å². The number of rotatable bonds is 9. The average Bonchev–Trinajstić information content (AvgIpc) is 3.43. The summed E-state index contributed by atoms with van der Waals surface area (Å²) in [6.45, 7) is 2.91. The summed E-state index contributed by atoms with van der Waals surface area (Å²) < 4.78 is 16.6. The van der Waals surface area contributed by atoms with Crippen LogP contribution in [-0.4, -0.2) is 50.7 Å². The van der Waals surface area contributed by atoms with Crippen LogP contribution in [0, 0.1) is 32.6 Å². The molecule has 2 aliphatic rings. The van der Waals surface area contributed by atoms with Crippen LogP contribution < -0.4 is 4.74 Å². The number of carbonyl (C=O) groups excluding carboxylic acids is 1. The number of carbonyl (C=O) groups is 2. The molecular formula is C23H22ClN3O12. The summed E-state index contributed by atoms with van der Waals surface area (Å²) in [4.78, 5) is 59.9. The normalized spacial score (nSPS) is 24.3. The van der Waals surface area contributed by atoms with Gasteiger partial charge in [-0.3, -0.25) is 9.78 Å². The number of halogens is 1. The molecule has 15 nitrogen and oxygen atoms in total. The number of carboxylic acids is 1. The summed E-state index contributed by atoms with van der Waals surface area (Å²) in [5.41, 5.74) is 0.325. The second-order valence-corrected chi connectivity index (χ2v) is 9.50. The average molecular weight is 568 g/mol. The van der Waals surface area contributed by atoms with Gasteiger partial charge in [0.2, 0.25) is 0 Å². The molecule has 1 aliphatic carbocycles. The van der Waals surface area contributed by atoms with E-state index in [0.29, 0.717) is 21.8 Å². The van der Waals surface area contributed by atoms with E-state index < -0.39 is 65.0 Å². The highest BCUT2D eigenvalue weighted by atomic mass is 35.5. The molecule has 5 atom stereocenters. The summed E-state index contributed by atoms with van der Waals surface area (Å²) in [6, 6.07) is 6.99. The molecule has 0 spiro atoms. The first-order chi connectivity index (χ1) is 18.4. The quantitative estimate of drug-likeness (QED) is 0.262. The molecule has 4 rings (SSSR count). The number of benzene rings is 1. The molecule has 0 amide bonds. The van der Waals surface area contributed by atoms with Gasteiger partial charge in [0.25, 0.3) is 10.2 Å². The van der Waals surface area contributed by atoms with Crippen molar-refractivity contribution in [3.05, 3.63) is 78.1 Å². The third kappa shape index (κ3) is 5.63. The second-order valence-electron chi connectivity index (χ2n) is 9.07. The third-order valence-corrected chi connectivity index (χ3v) is 7.10. The van der Waals surface area contributed by atoms with Crippen LogP contribution in [0.25, 0.3) is 0 Å². The van der Waals surface area contributed by atoms with E-state index in [0.717, 1.165) is 5.56 Å². The van der Waals surface area contributed by atoms with E-state index >= 15 is 0 Å². The van der Waals surface area contributed by atoms with Gasteiger partial charge in [-0.25, -0.2) is 4.79 Å². The Bertz CT molecular complexity index is 1280. The second kappa shape index (κ2) is 10.9. The van der Waals surface area contributed by atoms with Crippen LogP contribution in [0.3, 0.4) is 0 Å². The van der Waals surface area contributed by atoms with Crippen LogP contribution in [0.2, 0.25) is 5.02 Å². The lowest BCUT2D eigenvalue weighted by atomic mass is 9.81. The zero-order chi connectivity index (χ0) is 28.5. The summed E-state index contributed by atoms with van der Waals surface area (Å²) in [7, 11) is 0. The van der Waals surface area contributed by atoms with Gasteiger partial charge in [-0.05, 0) is 44.4 Å². The largest absolute Gasteiger partial charge is 0.514 e. The highest BCUT2D eigenvalue weighted by Gasteiger charge is 2.58. The van der Waals surface area contributed by atoms with E-state index in [2.05, 4.69) is 14.7 Å². The number of aryl methyl sites for hydroxylation is 1. The van der Waals surface area contributed by atoms with Gasteiger partial charge < -0.3 is 29.0 Å². The van der Waals surface area contributed by atoms with Crippen molar-refractivity contribution in [2.45, 2.75) is 57.7 Å². The van der Waals surface area contributed by atoms with Crippen molar-refractivity contribution in [3.8, 4) is 5.75 Å². The summed E-state index contributed by atoms with van der Waals surface area (Å²) in [5.74, 6) is -1.45. The smallest absolute Gasteiger partial charge is 0.481 e. The Labute approximate surface area is 224 Å². The zero-order valence-electron chi connectivity index (χ0n) is 20.5. The van der Waals surface area contributed by atoms with E-state index in [1.807, 2.05) is 0 Å². The first-order valence-corrected chi connectivity index (χ1v) is 11.9. The van der Waals surface area contributed by atoms with Gasteiger partial charge in [0.05, 0.1) is 12.3 Å². The Morgan fingerprint density at radius 3 is 2.28 bits per heavy atom. The molecule has 1 N–H and O–H groups in total. The predicted molar refractivity (Wildman–Crippen MR) is 127 cm³/mol. The Balaban J connectivity index is 1.53. The first-order valence-electron chi connectivity index (χ1n) is 11.5. The minimum Gasteiger partial charge on any atom is -0.481 e. The number of carboxylic acid groups (broad SMARTS) is 1. The number of hydrogen-bond donors (Lipinski definition) is 1. The topological polar surface area (TPSA) is 200 Å². The number of fused-ring (bicyclic) bond motifs is 1. The Kier molecular flexibility index (Phi) is 7.74. The fourth-order valence-corrected chi connectivity index (χ4v) is 5.00. The summed E-state index contributed by atoms with van der Waals surface area (Å²) in [6.07, 6.45) is -6.01. The van der Waals surface area contributed by atoms with Gasteiger partial charge in [0.15, 0.2) is 5.75 Å². The van der Waals surface area contributed by atoms with Crippen LogP contribution in [0.4, 0.5) is 4.79 Å². The van der Waals surface area contributed by atoms with Gasteiger partial charge in [-0.1, -0.05) is 23.7 Å². The van der Waals surface area contributed by atoms with Crippen LogP contribution in [0.15, 0.2) is 30.5 Å². The van der Waals surface area contributed by atoms with Gasteiger partial charge in [-0.2, -0.15) is 0 Å². The fourth-order valence-electron chi connectivity index (χ4n) is 4.87. The van der Waals surface area contributed by atoms with E-state index in [-0.39, 0.29) is 12.4 Å². The Morgan fingerprint density at radius 2 is 1.74 bits per heavy atom. The molecule has 208 valence electrons. The number of pyridine rings is 1. The maximum atomic E-state index is 12.8. The Hall–Kier alpha value is -4.24. The van der Waals surface area contributed by atoms with Crippen molar-refractivity contribution in [1.29, 1.82) is 0 Å². The first kappa shape index (κ1) is 27.8. The summed E-state index contributed by atoms with van der Waals surface area (Å²) >= 11 is 5.96. The van der Waals surface area contributed by atoms with Crippen molar-refractivity contribution >= 4 is 23.7 Å².